The molecule has 1 aromatic carbocycles. The highest BCUT2D eigenvalue weighted by atomic mass is 16.2. The van der Waals surface area contributed by atoms with Gasteiger partial charge in [0.15, 0.2) is 0 Å². The average Bonchev–Trinajstić information content (AvgIpc) is 2.26. The normalized spacial score (nSPS) is 8.86. The van der Waals surface area contributed by atoms with Gasteiger partial charge in [-0.25, -0.2) is 4.79 Å². The lowest BCUT2D eigenvalue weighted by Crippen LogP contribution is -2.32. The van der Waals surface area contributed by atoms with E-state index in [0.29, 0.717) is 12.1 Å². The van der Waals surface area contributed by atoms with E-state index in [0.717, 1.165) is 5.56 Å². The van der Waals surface area contributed by atoms with Crippen LogP contribution in [0.1, 0.15) is 11.1 Å². The van der Waals surface area contributed by atoms with Crippen molar-refractivity contribution in [2.45, 2.75) is 6.54 Å². The largest absolute Gasteiger partial charge is 0.341 e. The number of nitriles is 1. The summed E-state index contributed by atoms with van der Waals surface area (Å²) in [6, 6.07) is 8.89. The van der Waals surface area contributed by atoms with Gasteiger partial charge in [-0.2, -0.15) is 5.26 Å². The maximum atomic E-state index is 10.8. The fourth-order valence-electron chi connectivity index (χ4n) is 0.968. The average molecular weight is 189 g/mol. The summed E-state index contributed by atoms with van der Waals surface area (Å²) in [5.74, 6) is 0. The van der Waals surface area contributed by atoms with Gasteiger partial charge < -0.3 is 10.6 Å². The van der Waals surface area contributed by atoms with Crippen LogP contribution in [-0.4, -0.2) is 13.1 Å². The summed E-state index contributed by atoms with van der Waals surface area (Å²) in [6.45, 7) is 0.464. The predicted octanol–water partition coefficient (Wildman–Crippen LogP) is 0.987. The molecule has 4 nitrogen and oxygen atoms in total. The lowest BCUT2D eigenvalue weighted by Gasteiger charge is -2.03. The summed E-state index contributed by atoms with van der Waals surface area (Å²) < 4.78 is 0. The van der Waals surface area contributed by atoms with Crippen LogP contribution in [0, 0.1) is 11.3 Å². The molecule has 0 fully saturated rings. The third kappa shape index (κ3) is 2.79. The lowest BCUT2D eigenvalue weighted by atomic mass is 10.1. The first-order valence-electron chi connectivity index (χ1n) is 4.21. The third-order valence-corrected chi connectivity index (χ3v) is 1.76. The lowest BCUT2D eigenvalue weighted by molar-refractivity contribution is 0.242. The van der Waals surface area contributed by atoms with Crippen molar-refractivity contribution in [3.63, 3.8) is 0 Å². The van der Waals surface area contributed by atoms with Gasteiger partial charge >= 0.3 is 6.03 Å². The van der Waals surface area contributed by atoms with E-state index in [2.05, 4.69) is 10.6 Å². The molecule has 14 heavy (non-hydrogen) atoms. The molecule has 0 bridgehead atoms. The summed E-state index contributed by atoms with van der Waals surface area (Å²) in [5.41, 5.74) is 1.58. The molecule has 0 spiro atoms. The number of carbonyl (C=O) groups is 1. The van der Waals surface area contributed by atoms with Crippen molar-refractivity contribution in [2.24, 2.45) is 0 Å². The number of nitrogens with zero attached hydrogens (tertiary/aromatic N) is 1. The molecule has 0 aromatic heterocycles. The highest BCUT2D eigenvalue weighted by Crippen LogP contribution is 2.02. The Morgan fingerprint density at radius 1 is 1.43 bits per heavy atom. The van der Waals surface area contributed by atoms with E-state index < -0.39 is 0 Å². The van der Waals surface area contributed by atoms with Crippen molar-refractivity contribution in [3.8, 4) is 6.07 Å². The molecule has 0 saturated heterocycles. The Bertz CT molecular complexity index is 351. The second-order valence-corrected chi connectivity index (χ2v) is 2.74. The van der Waals surface area contributed by atoms with Crippen LogP contribution >= 0.6 is 0 Å². The minimum Gasteiger partial charge on any atom is -0.341 e. The molecule has 4 heteroatoms. The Hall–Kier alpha value is -2.02. The van der Waals surface area contributed by atoms with E-state index in [1.807, 2.05) is 18.2 Å². The molecular formula is C10H11N3O. The first-order chi connectivity index (χ1) is 6.76. The Balaban J connectivity index is 2.53. The minimum absolute atomic E-state index is 0.214. The highest BCUT2D eigenvalue weighted by molar-refractivity contribution is 5.73. The number of hydrogen-bond acceptors (Lipinski definition) is 2. The number of hydrogen-bond donors (Lipinski definition) is 2. The summed E-state index contributed by atoms with van der Waals surface area (Å²) in [5, 5.41) is 13.7. The van der Waals surface area contributed by atoms with E-state index >= 15 is 0 Å². The molecule has 0 aliphatic rings. The van der Waals surface area contributed by atoms with Crippen LogP contribution in [0.15, 0.2) is 24.3 Å². The molecule has 2 N–H and O–H groups in total. The van der Waals surface area contributed by atoms with Crippen LogP contribution in [-0.2, 0) is 6.54 Å². The van der Waals surface area contributed by atoms with Gasteiger partial charge in [-0.05, 0) is 17.7 Å². The molecule has 0 aliphatic heterocycles. The van der Waals surface area contributed by atoms with Gasteiger partial charge in [0.25, 0.3) is 0 Å². The van der Waals surface area contributed by atoms with E-state index in [9.17, 15) is 4.79 Å². The van der Waals surface area contributed by atoms with Gasteiger partial charge in [0.2, 0.25) is 0 Å². The first-order valence-corrected chi connectivity index (χ1v) is 4.21. The number of nitrogens with one attached hydrogen (secondary N) is 2. The Labute approximate surface area is 82.5 Å². The summed E-state index contributed by atoms with van der Waals surface area (Å²) >= 11 is 0. The van der Waals surface area contributed by atoms with Gasteiger partial charge in [-0.15, -0.1) is 0 Å². The van der Waals surface area contributed by atoms with Crippen molar-refractivity contribution in [1.29, 1.82) is 5.26 Å². The fraction of sp³-hybridized carbons (Fsp3) is 0.200. The summed E-state index contributed by atoms with van der Waals surface area (Å²) in [4.78, 5) is 10.8. The number of amides is 2. The van der Waals surface area contributed by atoms with Crippen LogP contribution in [0.5, 0.6) is 0 Å². The zero-order chi connectivity index (χ0) is 10.4. The van der Waals surface area contributed by atoms with Gasteiger partial charge in [0, 0.05) is 13.6 Å². The van der Waals surface area contributed by atoms with Crippen molar-refractivity contribution in [2.75, 3.05) is 7.05 Å². The monoisotopic (exact) mass is 189 g/mol. The quantitative estimate of drug-likeness (QED) is 0.728. The Morgan fingerprint density at radius 2 is 2.07 bits per heavy atom. The Morgan fingerprint density at radius 3 is 2.57 bits per heavy atom. The van der Waals surface area contributed by atoms with Crippen LogP contribution in [0.2, 0.25) is 0 Å². The van der Waals surface area contributed by atoms with Gasteiger partial charge in [0.1, 0.15) is 0 Å². The summed E-state index contributed by atoms with van der Waals surface area (Å²) in [7, 11) is 1.56. The third-order valence-electron chi connectivity index (χ3n) is 1.76. The van der Waals surface area contributed by atoms with Crippen molar-refractivity contribution >= 4 is 6.03 Å². The molecule has 0 heterocycles. The molecule has 0 atom stereocenters. The maximum Gasteiger partial charge on any atom is 0.314 e. The van der Waals surface area contributed by atoms with E-state index in [1.165, 1.54) is 0 Å². The van der Waals surface area contributed by atoms with Gasteiger partial charge in [-0.1, -0.05) is 12.1 Å². The van der Waals surface area contributed by atoms with E-state index in [-0.39, 0.29) is 6.03 Å². The van der Waals surface area contributed by atoms with E-state index in [1.54, 1.807) is 19.2 Å². The van der Waals surface area contributed by atoms with Gasteiger partial charge in [0.05, 0.1) is 11.6 Å². The molecule has 0 aliphatic carbocycles. The topological polar surface area (TPSA) is 64.9 Å². The van der Waals surface area contributed by atoms with Crippen molar-refractivity contribution < 1.29 is 4.79 Å². The number of urea groups is 1. The van der Waals surface area contributed by atoms with Gasteiger partial charge in [-0.3, -0.25) is 0 Å². The second kappa shape index (κ2) is 4.87. The minimum atomic E-state index is -0.214. The van der Waals surface area contributed by atoms with Crippen LogP contribution in [0.25, 0.3) is 0 Å². The first kappa shape index (κ1) is 10.1. The number of carbonyl (C=O) groups excluding carboxylic acids is 1. The molecule has 2 amide bonds. The van der Waals surface area contributed by atoms with E-state index in [4.69, 9.17) is 5.26 Å². The summed E-state index contributed by atoms with van der Waals surface area (Å²) in [6.07, 6.45) is 0. The maximum absolute atomic E-state index is 10.8. The molecule has 1 aromatic rings. The molecule has 72 valence electrons. The molecule has 0 unspecified atom stereocenters. The molecule has 0 radical (unpaired) electrons. The van der Waals surface area contributed by atoms with Crippen molar-refractivity contribution in [3.05, 3.63) is 35.4 Å². The second-order valence-electron chi connectivity index (χ2n) is 2.74. The van der Waals surface area contributed by atoms with Crippen LogP contribution in [0.3, 0.4) is 0 Å². The SMILES string of the molecule is CNC(=O)NCc1ccc(C#N)cc1. The van der Waals surface area contributed by atoms with Crippen molar-refractivity contribution in [1.82, 2.24) is 10.6 Å². The number of rotatable bonds is 2. The molecule has 0 saturated carbocycles. The zero-order valence-electron chi connectivity index (χ0n) is 7.87. The fourth-order valence-corrected chi connectivity index (χ4v) is 0.968. The molecule has 1 rings (SSSR count). The molecular weight excluding hydrogens is 178 g/mol. The number of benzene rings is 1. The van der Waals surface area contributed by atoms with Crippen LogP contribution in [0.4, 0.5) is 4.79 Å². The standard InChI is InChI=1S/C10H11N3O/c1-12-10(14)13-7-9-4-2-8(6-11)3-5-9/h2-5H,7H2,1H3,(H2,12,13,14). The highest BCUT2D eigenvalue weighted by Gasteiger charge is 1.96. The smallest absolute Gasteiger partial charge is 0.314 e. The Kier molecular flexibility index (Phi) is 3.50. The zero-order valence-corrected chi connectivity index (χ0v) is 7.87. The van der Waals surface area contributed by atoms with Crippen LogP contribution < -0.4 is 10.6 Å². The predicted molar refractivity (Wildman–Crippen MR) is 52.5 cm³/mol.